The predicted molar refractivity (Wildman–Crippen MR) is 105 cm³/mol. The second-order valence-electron chi connectivity index (χ2n) is 8.89. The standard InChI is InChI=1S/C14H30Br2O6P2/c1-12(2,3)8-14(24(20,21)22,9-13(4,5)6)11(16)10(15)7-23(17,18)19/h10-11H,7-9H2,1-6H3,(H2,17,18,19)(H2,20,21,22). The van der Waals surface area contributed by atoms with E-state index in [2.05, 4.69) is 31.9 Å². The molecule has 2 unspecified atom stereocenters. The van der Waals surface area contributed by atoms with Crippen LogP contribution in [0.3, 0.4) is 0 Å². The van der Waals surface area contributed by atoms with Gasteiger partial charge in [0.2, 0.25) is 0 Å². The van der Waals surface area contributed by atoms with Gasteiger partial charge in [-0.25, -0.2) is 0 Å². The minimum atomic E-state index is -4.61. The molecule has 0 aliphatic rings. The highest BCUT2D eigenvalue weighted by atomic mass is 79.9. The maximum Gasteiger partial charge on any atom is 0.332 e. The molecule has 10 heteroatoms. The molecule has 0 aromatic rings. The number of hydrogen-bond acceptors (Lipinski definition) is 2. The molecule has 0 rings (SSSR count). The molecule has 0 aliphatic carbocycles. The van der Waals surface area contributed by atoms with E-state index in [1.54, 1.807) is 0 Å². The fourth-order valence-electron chi connectivity index (χ4n) is 3.12. The Morgan fingerprint density at radius 1 is 0.833 bits per heavy atom. The third kappa shape index (κ3) is 8.30. The van der Waals surface area contributed by atoms with Crippen LogP contribution < -0.4 is 0 Å². The molecule has 0 bridgehead atoms. The molecular formula is C14H30Br2O6P2. The Hall–Kier alpha value is 1.26. The molecule has 0 saturated carbocycles. The summed E-state index contributed by atoms with van der Waals surface area (Å²) < 4.78 is 23.9. The molecule has 0 aliphatic heterocycles. The molecule has 0 aromatic heterocycles. The molecule has 0 heterocycles. The van der Waals surface area contributed by atoms with Gasteiger partial charge in [-0.1, -0.05) is 73.4 Å². The SMILES string of the molecule is CC(C)(C)CC(CC(C)(C)C)(C(Br)C(Br)CP(=O)(O)O)P(=O)(O)O. The molecule has 0 spiro atoms. The van der Waals surface area contributed by atoms with Gasteiger partial charge in [-0.3, -0.25) is 9.13 Å². The highest BCUT2D eigenvalue weighted by Crippen LogP contribution is 2.64. The second-order valence-corrected chi connectivity index (χ2v) is 14.7. The summed E-state index contributed by atoms with van der Waals surface area (Å²) in [6.45, 7) is 11.4. The zero-order chi connectivity index (χ0) is 19.8. The summed E-state index contributed by atoms with van der Waals surface area (Å²) in [5.74, 6) is 0. The van der Waals surface area contributed by atoms with Gasteiger partial charge in [0.25, 0.3) is 0 Å². The van der Waals surface area contributed by atoms with Crippen LogP contribution in [-0.4, -0.2) is 40.5 Å². The Bertz CT molecular complexity index is 498. The van der Waals surface area contributed by atoms with E-state index in [1.807, 2.05) is 41.5 Å². The predicted octanol–water partition coefficient (Wildman–Crippen LogP) is 4.48. The van der Waals surface area contributed by atoms with Crippen LogP contribution in [0, 0.1) is 10.8 Å². The molecule has 146 valence electrons. The minimum Gasteiger partial charge on any atom is -0.324 e. The number of alkyl halides is 2. The van der Waals surface area contributed by atoms with E-state index in [-0.39, 0.29) is 23.7 Å². The third-order valence-corrected chi connectivity index (χ3v) is 10.1. The molecule has 0 saturated heterocycles. The van der Waals surface area contributed by atoms with Crippen molar-refractivity contribution in [3.8, 4) is 0 Å². The lowest BCUT2D eigenvalue weighted by Gasteiger charge is -2.47. The number of rotatable bonds is 7. The molecule has 6 nitrogen and oxygen atoms in total. The van der Waals surface area contributed by atoms with Crippen molar-refractivity contribution in [1.29, 1.82) is 0 Å². The number of hydrogen-bond donors (Lipinski definition) is 4. The molecule has 0 radical (unpaired) electrons. The van der Waals surface area contributed by atoms with Crippen molar-refractivity contribution in [2.24, 2.45) is 10.8 Å². The van der Waals surface area contributed by atoms with Crippen LogP contribution in [-0.2, 0) is 9.13 Å². The Kier molecular flexibility index (Phi) is 8.52. The highest BCUT2D eigenvalue weighted by Gasteiger charge is 2.57. The summed E-state index contributed by atoms with van der Waals surface area (Å²) in [4.78, 5) is 37.4. The van der Waals surface area contributed by atoms with Crippen molar-refractivity contribution in [1.82, 2.24) is 0 Å². The minimum absolute atomic E-state index is 0.209. The van der Waals surface area contributed by atoms with E-state index in [0.29, 0.717) is 0 Å². The summed E-state index contributed by atoms with van der Waals surface area (Å²) in [5, 5.41) is -1.45. The lowest BCUT2D eigenvalue weighted by Crippen LogP contribution is -2.49. The largest absolute Gasteiger partial charge is 0.332 e. The zero-order valence-corrected chi connectivity index (χ0v) is 20.0. The van der Waals surface area contributed by atoms with Gasteiger partial charge >= 0.3 is 15.2 Å². The fraction of sp³-hybridized carbons (Fsp3) is 1.00. The van der Waals surface area contributed by atoms with Crippen molar-refractivity contribution in [2.75, 3.05) is 6.16 Å². The van der Waals surface area contributed by atoms with Crippen molar-refractivity contribution in [3.05, 3.63) is 0 Å². The van der Waals surface area contributed by atoms with Crippen LogP contribution in [0.1, 0.15) is 54.4 Å². The van der Waals surface area contributed by atoms with Crippen LogP contribution in [0.25, 0.3) is 0 Å². The maximum absolute atomic E-state index is 12.6. The van der Waals surface area contributed by atoms with E-state index in [9.17, 15) is 28.7 Å². The molecular weight excluding hydrogens is 486 g/mol. The van der Waals surface area contributed by atoms with Crippen LogP contribution >= 0.6 is 47.1 Å². The first-order valence-electron chi connectivity index (χ1n) is 7.59. The van der Waals surface area contributed by atoms with Gasteiger partial charge in [0.05, 0.1) is 11.3 Å². The quantitative estimate of drug-likeness (QED) is 0.293. The molecule has 0 fully saturated rings. The first-order valence-corrected chi connectivity index (χ1v) is 12.8. The normalized spacial score (nSPS) is 17.7. The van der Waals surface area contributed by atoms with Gasteiger partial charge in [-0.2, -0.15) is 0 Å². The van der Waals surface area contributed by atoms with Crippen LogP contribution in [0.5, 0.6) is 0 Å². The molecule has 0 aromatic carbocycles. The van der Waals surface area contributed by atoms with Gasteiger partial charge in [-0.15, -0.1) is 0 Å². The van der Waals surface area contributed by atoms with E-state index in [4.69, 9.17) is 0 Å². The summed E-state index contributed by atoms with van der Waals surface area (Å²) in [7, 11) is -8.93. The summed E-state index contributed by atoms with van der Waals surface area (Å²) >= 11 is 6.62. The van der Waals surface area contributed by atoms with Gasteiger partial charge in [-0.05, 0) is 23.7 Å². The smallest absolute Gasteiger partial charge is 0.324 e. The van der Waals surface area contributed by atoms with E-state index >= 15 is 0 Å². The first-order chi connectivity index (χ1) is 10.2. The van der Waals surface area contributed by atoms with Gasteiger partial charge in [0.15, 0.2) is 0 Å². The van der Waals surface area contributed by atoms with Crippen molar-refractivity contribution < 1.29 is 28.7 Å². The Labute approximate surface area is 161 Å². The molecule has 4 N–H and O–H groups in total. The summed E-state index contributed by atoms with van der Waals surface area (Å²) in [6, 6.07) is 0. The average Bonchev–Trinajstić information content (AvgIpc) is 2.18. The van der Waals surface area contributed by atoms with E-state index in [0.717, 1.165) is 0 Å². The van der Waals surface area contributed by atoms with Gasteiger partial charge < -0.3 is 19.6 Å². The van der Waals surface area contributed by atoms with Gasteiger partial charge in [0, 0.05) is 9.65 Å². The van der Waals surface area contributed by atoms with Crippen molar-refractivity contribution in [2.45, 2.75) is 69.2 Å². The molecule has 24 heavy (non-hydrogen) atoms. The molecule has 2 atom stereocenters. The summed E-state index contributed by atoms with van der Waals surface area (Å²) in [6.07, 6.45) is -0.0829. The lowest BCUT2D eigenvalue weighted by molar-refractivity contribution is 0.197. The molecule has 0 amide bonds. The van der Waals surface area contributed by atoms with Crippen LogP contribution in [0.15, 0.2) is 0 Å². The number of halogens is 2. The average molecular weight is 516 g/mol. The van der Waals surface area contributed by atoms with E-state index < -0.39 is 36.2 Å². The van der Waals surface area contributed by atoms with Crippen molar-refractivity contribution >= 4 is 47.1 Å². The van der Waals surface area contributed by atoms with Crippen molar-refractivity contribution in [3.63, 3.8) is 0 Å². The lowest BCUT2D eigenvalue weighted by atomic mass is 9.74. The maximum atomic E-state index is 12.6. The Balaban J connectivity index is 6.16. The Morgan fingerprint density at radius 2 is 1.17 bits per heavy atom. The first kappa shape index (κ1) is 25.3. The van der Waals surface area contributed by atoms with Crippen LogP contribution in [0.4, 0.5) is 0 Å². The van der Waals surface area contributed by atoms with Crippen LogP contribution in [0.2, 0.25) is 0 Å². The third-order valence-electron chi connectivity index (χ3n) is 3.50. The fourth-order valence-corrected chi connectivity index (χ4v) is 9.09. The zero-order valence-electron chi connectivity index (χ0n) is 15.0. The summed E-state index contributed by atoms with van der Waals surface area (Å²) in [5.41, 5.74) is -0.763. The monoisotopic (exact) mass is 514 g/mol. The highest BCUT2D eigenvalue weighted by molar-refractivity contribution is 9.12. The van der Waals surface area contributed by atoms with Gasteiger partial charge in [0.1, 0.15) is 0 Å². The van der Waals surface area contributed by atoms with E-state index in [1.165, 1.54) is 0 Å². The topological polar surface area (TPSA) is 115 Å². The second kappa shape index (κ2) is 8.10. The Morgan fingerprint density at radius 3 is 1.38 bits per heavy atom.